The number of nitrogens with two attached hydrogens (primary N) is 1. The van der Waals surface area contributed by atoms with Gasteiger partial charge < -0.3 is 11.1 Å². The van der Waals surface area contributed by atoms with Crippen molar-refractivity contribution in [3.63, 3.8) is 0 Å². The number of fused-ring (bicyclic) bond motifs is 1. The molecule has 2 heterocycles. The second kappa shape index (κ2) is 4.76. The molecule has 0 radical (unpaired) electrons. The monoisotopic (exact) mass is 291 g/mol. The van der Waals surface area contributed by atoms with E-state index in [0.29, 0.717) is 17.2 Å². The molecule has 1 aromatic heterocycles. The van der Waals surface area contributed by atoms with Gasteiger partial charge in [-0.3, -0.25) is 4.79 Å². The summed E-state index contributed by atoms with van der Waals surface area (Å²) in [5, 5.41) is 2.69. The maximum Gasteiger partial charge on any atom is 0.226 e. The smallest absolute Gasteiger partial charge is 0.226 e. The summed E-state index contributed by atoms with van der Waals surface area (Å²) in [6, 6.07) is 8.15. The Hall–Kier alpha value is -2.14. The molecule has 0 saturated carbocycles. The Kier molecular flexibility index (Phi) is 3.06. The van der Waals surface area contributed by atoms with Gasteiger partial charge in [-0.2, -0.15) is 0 Å². The van der Waals surface area contributed by atoms with E-state index in [4.69, 9.17) is 17.3 Å². The molecule has 0 saturated heterocycles. The van der Waals surface area contributed by atoms with Gasteiger partial charge in [-0.25, -0.2) is 9.37 Å². The van der Waals surface area contributed by atoms with Gasteiger partial charge in [0.25, 0.3) is 0 Å². The lowest BCUT2D eigenvalue weighted by Gasteiger charge is -2.25. The number of rotatable bonds is 1. The molecule has 0 spiro atoms. The molecular formula is C14H11ClFN3O. The van der Waals surface area contributed by atoms with Crippen LogP contribution in [0.25, 0.3) is 0 Å². The van der Waals surface area contributed by atoms with Crippen LogP contribution in [0.4, 0.5) is 16.0 Å². The molecule has 0 bridgehead atoms. The highest BCUT2D eigenvalue weighted by molar-refractivity contribution is 6.30. The number of carbonyl (C=O) groups is 1. The number of nitrogens with zero attached hydrogens (tertiary/aromatic N) is 1. The maximum absolute atomic E-state index is 14.2. The number of halogens is 2. The van der Waals surface area contributed by atoms with E-state index in [1.54, 1.807) is 24.3 Å². The quantitative estimate of drug-likeness (QED) is 0.849. The maximum atomic E-state index is 14.2. The van der Waals surface area contributed by atoms with Gasteiger partial charge in [-0.15, -0.1) is 0 Å². The molecule has 6 heteroatoms. The van der Waals surface area contributed by atoms with E-state index in [2.05, 4.69) is 10.3 Å². The van der Waals surface area contributed by atoms with Crippen molar-refractivity contribution in [1.29, 1.82) is 0 Å². The Morgan fingerprint density at radius 2 is 2.10 bits per heavy atom. The first-order valence-corrected chi connectivity index (χ1v) is 6.44. The van der Waals surface area contributed by atoms with Crippen LogP contribution >= 0.6 is 11.6 Å². The van der Waals surface area contributed by atoms with Gasteiger partial charge in [0, 0.05) is 17.9 Å². The summed E-state index contributed by atoms with van der Waals surface area (Å²) >= 11 is 5.81. The van der Waals surface area contributed by atoms with Crippen LogP contribution in [0.1, 0.15) is 23.5 Å². The van der Waals surface area contributed by atoms with Crippen LogP contribution in [0, 0.1) is 5.82 Å². The lowest BCUT2D eigenvalue weighted by Crippen LogP contribution is -2.25. The van der Waals surface area contributed by atoms with Gasteiger partial charge in [-0.1, -0.05) is 29.8 Å². The van der Waals surface area contributed by atoms with E-state index < -0.39 is 11.7 Å². The second-order valence-electron chi connectivity index (χ2n) is 4.62. The minimum Gasteiger partial charge on any atom is -0.384 e. The third-order valence-electron chi connectivity index (χ3n) is 3.33. The third-order valence-corrected chi connectivity index (χ3v) is 3.62. The summed E-state index contributed by atoms with van der Waals surface area (Å²) in [7, 11) is 0. The van der Waals surface area contributed by atoms with E-state index in [0.717, 1.165) is 5.56 Å². The molecule has 0 fully saturated rings. The van der Waals surface area contributed by atoms with Crippen molar-refractivity contribution in [3.8, 4) is 0 Å². The molecule has 1 aromatic carbocycles. The number of nitrogens with one attached hydrogen (secondary N) is 1. The van der Waals surface area contributed by atoms with E-state index in [9.17, 15) is 9.18 Å². The van der Waals surface area contributed by atoms with Crippen LogP contribution in [0.3, 0.4) is 0 Å². The van der Waals surface area contributed by atoms with Crippen molar-refractivity contribution in [3.05, 3.63) is 52.3 Å². The Balaban J connectivity index is 2.16. The van der Waals surface area contributed by atoms with Crippen LogP contribution in [-0.4, -0.2) is 10.9 Å². The fourth-order valence-electron chi connectivity index (χ4n) is 2.41. The lowest BCUT2D eigenvalue weighted by molar-refractivity contribution is -0.116. The standard InChI is InChI=1S/C14H11ClFN3O/c15-10-3-1-2-7(13(10)16)9-6-12(20)19-14-8(9)4-5-11(17)18-14/h1-5,9H,6H2,(H3,17,18,19,20). The van der Waals surface area contributed by atoms with Crippen molar-refractivity contribution in [2.75, 3.05) is 11.1 Å². The van der Waals surface area contributed by atoms with Gasteiger partial charge in [0.05, 0.1) is 5.02 Å². The molecule has 1 unspecified atom stereocenters. The molecule has 3 N–H and O–H groups in total. The topological polar surface area (TPSA) is 68.0 Å². The number of hydrogen-bond donors (Lipinski definition) is 2. The van der Waals surface area contributed by atoms with Crippen molar-refractivity contribution < 1.29 is 9.18 Å². The third kappa shape index (κ3) is 2.10. The molecule has 1 aliphatic heterocycles. The Labute approximate surface area is 119 Å². The van der Waals surface area contributed by atoms with Gasteiger partial charge >= 0.3 is 0 Å². The number of nitrogen functional groups attached to an aromatic ring is 1. The van der Waals surface area contributed by atoms with Crippen LogP contribution in [0.2, 0.25) is 5.02 Å². The highest BCUT2D eigenvalue weighted by Gasteiger charge is 2.29. The minimum atomic E-state index is -0.503. The fourth-order valence-corrected chi connectivity index (χ4v) is 2.59. The first-order chi connectivity index (χ1) is 9.56. The molecule has 2 aromatic rings. The SMILES string of the molecule is Nc1ccc2c(n1)NC(=O)CC2c1cccc(Cl)c1F. The summed E-state index contributed by atoms with van der Waals surface area (Å²) < 4.78 is 14.2. The number of anilines is 2. The summed E-state index contributed by atoms with van der Waals surface area (Å²) in [6.07, 6.45) is 0.149. The molecular weight excluding hydrogens is 281 g/mol. The Morgan fingerprint density at radius 3 is 2.90 bits per heavy atom. The van der Waals surface area contributed by atoms with Gasteiger partial charge in [0.1, 0.15) is 17.5 Å². The first-order valence-electron chi connectivity index (χ1n) is 6.06. The van der Waals surface area contributed by atoms with E-state index in [-0.39, 0.29) is 17.4 Å². The number of carbonyl (C=O) groups excluding carboxylic acids is 1. The normalized spacial score (nSPS) is 17.5. The minimum absolute atomic E-state index is 0.0402. The van der Waals surface area contributed by atoms with Crippen molar-refractivity contribution in [1.82, 2.24) is 4.98 Å². The molecule has 102 valence electrons. The van der Waals surface area contributed by atoms with Crippen LogP contribution in [0.5, 0.6) is 0 Å². The lowest BCUT2D eigenvalue weighted by atomic mass is 9.86. The van der Waals surface area contributed by atoms with Crippen molar-refractivity contribution in [2.45, 2.75) is 12.3 Å². The summed E-state index contributed by atoms with van der Waals surface area (Å²) in [5.41, 5.74) is 6.73. The van der Waals surface area contributed by atoms with Crippen molar-refractivity contribution >= 4 is 29.1 Å². The highest BCUT2D eigenvalue weighted by Crippen LogP contribution is 2.38. The average Bonchev–Trinajstić information content (AvgIpc) is 2.40. The predicted molar refractivity (Wildman–Crippen MR) is 75.1 cm³/mol. The zero-order valence-electron chi connectivity index (χ0n) is 10.4. The number of aromatic nitrogens is 1. The molecule has 20 heavy (non-hydrogen) atoms. The molecule has 1 amide bonds. The van der Waals surface area contributed by atoms with E-state index in [1.165, 1.54) is 6.07 Å². The number of benzene rings is 1. The summed E-state index contributed by atoms with van der Waals surface area (Å²) in [4.78, 5) is 15.9. The van der Waals surface area contributed by atoms with Gasteiger partial charge in [0.15, 0.2) is 0 Å². The Morgan fingerprint density at radius 1 is 1.30 bits per heavy atom. The zero-order valence-corrected chi connectivity index (χ0v) is 11.1. The van der Waals surface area contributed by atoms with Crippen LogP contribution in [-0.2, 0) is 4.79 Å². The van der Waals surface area contributed by atoms with Crippen molar-refractivity contribution in [2.24, 2.45) is 0 Å². The largest absolute Gasteiger partial charge is 0.384 e. The summed E-state index contributed by atoms with van der Waals surface area (Å²) in [5.74, 6) is -0.455. The molecule has 3 rings (SSSR count). The number of hydrogen-bond acceptors (Lipinski definition) is 3. The molecule has 1 atom stereocenters. The van der Waals surface area contributed by atoms with E-state index in [1.807, 2.05) is 0 Å². The molecule has 4 nitrogen and oxygen atoms in total. The van der Waals surface area contributed by atoms with Gasteiger partial charge in [0.2, 0.25) is 5.91 Å². The molecule has 1 aliphatic rings. The van der Waals surface area contributed by atoms with Crippen LogP contribution < -0.4 is 11.1 Å². The number of pyridine rings is 1. The zero-order chi connectivity index (χ0) is 14.3. The average molecular weight is 292 g/mol. The fraction of sp³-hybridized carbons (Fsp3) is 0.143. The predicted octanol–water partition coefficient (Wildman–Crippen LogP) is 2.93. The van der Waals surface area contributed by atoms with E-state index >= 15 is 0 Å². The molecule has 0 aliphatic carbocycles. The van der Waals surface area contributed by atoms with Gasteiger partial charge in [-0.05, 0) is 17.7 Å². The van der Waals surface area contributed by atoms with Crippen LogP contribution in [0.15, 0.2) is 30.3 Å². The second-order valence-corrected chi connectivity index (χ2v) is 5.03. The number of amides is 1. The summed E-state index contributed by atoms with van der Waals surface area (Å²) in [6.45, 7) is 0. The first kappa shape index (κ1) is 12.9. The Bertz CT molecular complexity index is 705. The highest BCUT2D eigenvalue weighted by atomic mass is 35.5.